The van der Waals surface area contributed by atoms with Crippen LogP contribution >= 0.6 is 27.5 Å². The average Bonchev–Trinajstić information content (AvgIpc) is 2.33. The molecule has 0 atom stereocenters. The summed E-state index contributed by atoms with van der Waals surface area (Å²) < 4.78 is 6.45. The van der Waals surface area contributed by atoms with Crippen LogP contribution in [0, 0.1) is 6.92 Å². The Balaban J connectivity index is 2.28. The summed E-state index contributed by atoms with van der Waals surface area (Å²) in [7, 11) is 0. The van der Waals surface area contributed by atoms with Gasteiger partial charge in [-0.2, -0.15) is 0 Å². The van der Waals surface area contributed by atoms with Crippen molar-refractivity contribution in [3.63, 3.8) is 0 Å². The fraction of sp³-hybridized carbons (Fsp3) is 0.0714. The Hall–Kier alpha value is -1.32. The van der Waals surface area contributed by atoms with Crippen molar-refractivity contribution < 1.29 is 9.53 Å². The summed E-state index contributed by atoms with van der Waals surface area (Å²) in [6.45, 7) is 1.93. The van der Waals surface area contributed by atoms with Crippen molar-refractivity contribution in [3.8, 4) is 11.5 Å². The summed E-state index contributed by atoms with van der Waals surface area (Å²) in [5.74, 6) is 1.41. The Bertz CT molecular complexity index is 596. The first-order valence-electron chi connectivity index (χ1n) is 5.29. The quantitative estimate of drug-likeness (QED) is 0.741. The molecule has 4 heteroatoms. The maximum Gasteiger partial charge on any atom is 0.151 e. The third-order valence-electron chi connectivity index (χ3n) is 2.46. The Morgan fingerprint density at radius 3 is 2.61 bits per heavy atom. The number of aryl methyl sites for hydroxylation is 1. The minimum Gasteiger partial charge on any atom is -0.457 e. The van der Waals surface area contributed by atoms with Crippen LogP contribution in [0.1, 0.15) is 15.9 Å². The molecular weight excluding hydrogens is 316 g/mol. The molecule has 0 unspecified atom stereocenters. The molecule has 0 saturated carbocycles. The Labute approximate surface area is 119 Å². The van der Waals surface area contributed by atoms with Gasteiger partial charge in [-0.3, -0.25) is 4.79 Å². The van der Waals surface area contributed by atoms with E-state index in [1.165, 1.54) is 0 Å². The van der Waals surface area contributed by atoms with Gasteiger partial charge in [0, 0.05) is 15.1 Å². The maximum absolute atomic E-state index is 10.7. The van der Waals surface area contributed by atoms with E-state index < -0.39 is 0 Å². The van der Waals surface area contributed by atoms with Crippen LogP contribution in [0.4, 0.5) is 0 Å². The van der Waals surface area contributed by atoms with Crippen LogP contribution in [-0.4, -0.2) is 6.29 Å². The van der Waals surface area contributed by atoms with Crippen LogP contribution in [-0.2, 0) is 0 Å². The van der Waals surface area contributed by atoms with E-state index in [1.807, 2.05) is 19.1 Å². The largest absolute Gasteiger partial charge is 0.457 e. The molecule has 0 amide bonds. The van der Waals surface area contributed by atoms with E-state index in [-0.39, 0.29) is 0 Å². The van der Waals surface area contributed by atoms with Gasteiger partial charge in [-0.05, 0) is 64.8 Å². The number of carbonyl (C=O) groups is 1. The normalized spacial score (nSPS) is 10.2. The molecule has 0 aromatic heterocycles. The van der Waals surface area contributed by atoms with Gasteiger partial charge in [0.15, 0.2) is 6.29 Å². The molecule has 0 radical (unpaired) electrons. The summed E-state index contributed by atoms with van der Waals surface area (Å²) in [6, 6.07) is 10.7. The van der Waals surface area contributed by atoms with Crippen molar-refractivity contribution in [2.45, 2.75) is 6.92 Å². The first-order chi connectivity index (χ1) is 8.60. The van der Waals surface area contributed by atoms with Crippen molar-refractivity contribution in [1.29, 1.82) is 0 Å². The van der Waals surface area contributed by atoms with Gasteiger partial charge in [-0.25, -0.2) is 0 Å². The van der Waals surface area contributed by atoms with Crippen LogP contribution in [0.25, 0.3) is 0 Å². The highest BCUT2D eigenvalue weighted by Gasteiger charge is 2.05. The van der Waals surface area contributed by atoms with Crippen LogP contribution in [0.15, 0.2) is 40.9 Å². The summed E-state index contributed by atoms with van der Waals surface area (Å²) in [6.07, 6.45) is 0.793. The molecule has 0 aliphatic heterocycles. The predicted octanol–water partition coefficient (Wildman–Crippen LogP) is 5.02. The number of aldehydes is 1. The second-order valence-corrected chi connectivity index (χ2v) is 5.10. The number of hydrogen-bond acceptors (Lipinski definition) is 2. The molecule has 18 heavy (non-hydrogen) atoms. The van der Waals surface area contributed by atoms with Crippen LogP contribution in [0.3, 0.4) is 0 Å². The van der Waals surface area contributed by atoms with E-state index >= 15 is 0 Å². The molecule has 2 aromatic rings. The lowest BCUT2D eigenvalue weighted by atomic mass is 10.2. The highest BCUT2D eigenvalue weighted by molar-refractivity contribution is 9.10. The van der Waals surface area contributed by atoms with Gasteiger partial charge in [0.2, 0.25) is 0 Å². The monoisotopic (exact) mass is 324 g/mol. The molecule has 2 aromatic carbocycles. The van der Waals surface area contributed by atoms with E-state index in [9.17, 15) is 4.79 Å². The molecule has 92 valence electrons. The molecule has 0 fully saturated rings. The zero-order valence-corrected chi connectivity index (χ0v) is 12.0. The highest BCUT2D eigenvalue weighted by atomic mass is 79.9. The van der Waals surface area contributed by atoms with Crippen molar-refractivity contribution in [2.24, 2.45) is 0 Å². The van der Waals surface area contributed by atoms with E-state index in [1.54, 1.807) is 24.3 Å². The van der Waals surface area contributed by atoms with Gasteiger partial charge >= 0.3 is 0 Å². The van der Waals surface area contributed by atoms with Gasteiger partial charge in [0.05, 0.1) is 0 Å². The summed E-state index contributed by atoms with van der Waals surface area (Å²) in [5.41, 5.74) is 1.55. The van der Waals surface area contributed by atoms with Gasteiger partial charge < -0.3 is 4.74 Å². The van der Waals surface area contributed by atoms with Crippen molar-refractivity contribution in [1.82, 2.24) is 0 Å². The zero-order valence-electron chi connectivity index (χ0n) is 9.61. The van der Waals surface area contributed by atoms with Crippen LogP contribution in [0.2, 0.25) is 5.02 Å². The summed E-state index contributed by atoms with van der Waals surface area (Å²) in [4.78, 5) is 10.7. The molecule has 0 aliphatic rings. The lowest BCUT2D eigenvalue weighted by molar-refractivity contribution is 0.112. The number of carbonyl (C=O) groups excluding carboxylic acids is 1. The number of ether oxygens (including phenoxy) is 1. The fourth-order valence-corrected chi connectivity index (χ4v) is 2.20. The third-order valence-corrected chi connectivity index (χ3v) is 3.39. The van der Waals surface area contributed by atoms with Gasteiger partial charge in [0.25, 0.3) is 0 Å². The van der Waals surface area contributed by atoms with Crippen molar-refractivity contribution >= 4 is 33.8 Å². The first kappa shape index (κ1) is 13.1. The average molecular weight is 326 g/mol. The Morgan fingerprint density at radius 2 is 2.00 bits per heavy atom. The van der Waals surface area contributed by atoms with Crippen LogP contribution < -0.4 is 4.74 Å². The molecular formula is C14H10BrClO2. The molecule has 0 saturated heterocycles. The van der Waals surface area contributed by atoms with E-state index in [0.29, 0.717) is 20.8 Å². The van der Waals surface area contributed by atoms with Crippen molar-refractivity contribution in [2.75, 3.05) is 0 Å². The first-order valence-corrected chi connectivity index (χ1v) is 6.46. The number of halogens is 2. The highest BCUT2D eigenvalue weighted by Crippen LogP contribution is 2.29. The van der Waals surface area contributed by atoms with Crippen LogP contribution in [0.5, 0.6) is 11.5 Å². The zero-order chi connectivity index (χ0) is 13.1. The number of benzene rings is 2. The van der Waals surface area contributed by atoms with Gasteiger partial charge in [0.1, 0.15) is 11.5 Å². The summed E-state index contributed by atoms with van der Waals surface area (Å²) in [5, 5.41) is 0.678. The molecule has 0 heterocycles. The third kappa shape index (κ3) is 2.92. The van der Waals surface area contributed by atoms with E-state index in [2.05, 4.69) is 15.9 Å². The molecule has 2 rings (SSSR count). The predicted molar refractivity (Wildman–Crippen MR) is 75.8 cm³/mol. The number of rotatable bonds is 3. The lowest BCUT2D eigenvalue weighted by Crippen LogP contribution is -1.89. The van der Waals surface area contributed by atoms with Gasteiger partial charge in [-0.15, -0.1) is 0 Å². The van der Waals surface area contributed by atoms with E-state index in [0.717, 1.165) is 17.6 Å². The number of hydrogen-bond donors (Lipinski definition) is 0. The Kier molecular flexibility index (Phi) is 4.04. The lowest BCUT2D eigenvalue weighted by Gasteiger charge is -2.09. The van der Waals surface area contributed by atoms with Crippen molar-refractivity contribution in [3.05, 3.63) is 57.0 Å². The molecule has 2 nitrogen and oxygen atoms in total. The SMILES string of the molecule is Cc1cc(Cl)ccc1Oc1ccc(C=O)c(Br)c1. The molecule has 0 aliphatic carbocycles. The second kappa shape index (κ2) is 5.55. The smallest absolute Gasteiger partial charge is 0.151 e. The minimum absolute atomic E-state index is 0.593. The summed E-state index contributed by atoms with van der Waals surface area (Å²) >= 11 is 9.20. The second-order valence-electron chi connectivity index (χ2n) is 3.81. The molecule has 0 N–H and O–H groups in total. The minimum atomic E-state index is 0.593. The van der Waals surface area contributed by atoms with E-state index in [4.69, 9.17) is 16.3 Å². The standard InChI is InChI=1S/C14H10BrClO2/c1-9-6-11(16)3-5-14(9)18-12-4-2-10(8-17)13(15)7-12/h2-8H,1H3. The Morgan fingerprint density at radius 1 is 1.22 bits per heavy atom. The fourth-order valence-electron chi connectivity index (χ4n) is 1.52. The molecule has 0 spiro atoms. The maximum atomic E-state index is 10.7. The van der Waals surface area contributed by atoms with Gasteiger partial charge in [-0.1, -0.05) is 11.6 Å². The topological polar surface area (TPSA) is 26.3 Å². The molecule has 0 bridgehead atoms.